The molecule has 0 aliphatic carbocycles. The summed E-state index contributed by atoms with van der Waals surface area (Å²) in [4.78, 5) is 12.8. The van der Waals surface area contributed by atoms with Gasteiger partial charge in [-0.15, -0.1) is 0 Å². The van der Waals surface area contributed by atoms with Gasteiger partial charge in [0.2, 0.25) is 5.75 Å². The van der Waals surface area contributed by atoms with Gasteiger partial charge in [0.25, 0.3) is 0 Å². The van der Waals surface area contributed by atoms with E-state index in [4.69, 9.17) is 18.9 Å². The molecular weight excluding hydrogens is 336 g/mol. The molecule has 138 valence electrons. The number of allylic oxidation sites excluding steroid dienone is 1. The highest BCUT2D eigenvalue weighted by Gasteiger charge is 2.18. The highest BCUT2D eigenvalue weighted by atomic mass is 16.5. The predicted octanol–water partition coefficient (Wildman–Crippen LogP) is 3.71. The van der Waals surface area contributed by atoms with Crippen molar-refractivity contribution in [2.75, 3.05) is 28.4 Å². The van der Waals surface area contributed by atoms with Gasteiger partial charge in [0.1, 0.15) is 0 Å². The van der Waals surface area contributed by atoms with Crippen LogP contribution in [-0.4, -0.2) is 39.3 Å². The van der Waals surface area contributed by atoms with Crippen LogP contribution >= 0.6 is 0 Å². The number of benzene rings is 2. The van der Waals surface area contributed by atoms with Gasteiger partial charge < -0.3 is 24.1 Å². The van der Waals surface area contributed by atoms with Gasteiger partial charge in [-0.05, 0) is 48.4 Å². The first-order valence-corrected chi connectivity index (χ1v) is 7.85. The van der Waals surface area contributed by atoms with E-state index < -0.39 is 0 Å². The Morgan fingerprint density at radius 2 is 1.46 bits per heavy atom. The molecule has 2 aromatic rings. The van der Waals surface area contributed by atoms with E-state index in [1.54, 1.807) is 37.3 Å². The summed E-state index contributed by atoms with van der Waals surface area (Å²) in [5.41, 5.74) is 1.66. The second-order valence-corrected chi connectivity index (χ2v) is 5.50. The zero-order valence-corrected chi connectivity index (χ0v) is 15.5. The predicted molar refractivity (Wildman–Crippen MR) is 98.7 cm³/mol. The van der Waals surface area contributed by atoms with Crippen LogP contribution < -0.4 is 18.9 Å². The Hall–Kier alpha value is -3.15. The van der Waals surface area contributed by atoms with Crippen LogP contribution in [0.15, 0.2) is 35.9 Å². The molecule has 0 aliphatic rings. The number of phenolic OH excluding ortho intramolecular Hbond substituents is 1. The first-order valence-electron chi connectivity index (χ1n) is 7.85. The number of carbonyl (C=O) groups is 1. The maximum absolute atomic E-state index is 12.8. The fourth-order valence-electron chi connectivity index (χ4n) is 2.54. The van der Waals surface area contributed by atoms with Gasteiger partial charge in [0.15, 0.2) is 28.8 Å². The SMILES string of the molecule is COc1cc(/C=C(\C)C(=O)c2cc(OC)c(OC)c(OC)c2)ccc1O. The minimum absolute atomic E-state index is 0.0401. The van der Waals surface area contributed by atoms with Crippen molar-refractivity contribution in [3.8, 4) is 28.7 Å². The second-order valence-electron chi connectivity index (χ2n) is 5.50. The molecule has 0 bridgehead atoms. The molecule has 6 heteroatoms. The lowest BCUT2D eigenvalue weighted by Gasteiger charge is -2.14. The molecule has 1 N–H and O–H groups in total. The van der Waals surface area contributed by atoms with E-state index in [-0.39, 0.29) is 11.5 Å². The lowest BCUT2D eigenvalue weighted by atomic mass is 10.0. The van der Waals surface area contributed by atoms with Crippen molar-refractivity contribution >= 4 is 11.9 Å². The molecule has 0 heterocycles. The fourth-order valence-corrected chi connectivity index (χ4v) is 2.54. The fraction of sp³-hybridized carbons (Fsp3) is 0.250. The van der Waals surface area contributed by atoms with Crippen molar-refractivity contribution in [2.45, 2.75) is 6.92 Å². The van der Waals surface area contributed by atoms with Crippen molar-refractivity contribution in [2.24, 2.45) is 0 Å². The highest BCUT2D eigenvalue weighted by Crippen LogP contribution is 2.38. The maximum atomic E-state index is 12.8. The maximum Gasteiger partial charge on any atom is 0.203 e. The van der Waals surface area contributed by atoms with Gasteiger partial charge in [-0.25, -0.2) is 0 Å². The van der Waals surface area contributed by atoms with Gasteiger partial charge >= 0.3 is 0 Å². The number of hydrogen-bond donors (Lipinski definition) is 1. The van der Waals surface area contributed by atoms with Crippen molar-refractivity contribution < 1.29 is 28.8 Å². The lowest BCUT2D eigenvalue weighted by Crippen LogP contribution is -2.04. The third-order valence-electron chi connectivity index (χ3n) is 3.87. The third kappa shape index (κ3) is 3.91. The van der Waals surface area contributed by atoms with E-state index in [1.165, 1.54) is 34.5 Å². The van der Waals surface area contributed by atoms with Crippen LogP contribution in [0, 0.1) is 0 Å². The summed E-state index contributed by atoms with van der Waals surface area (Å²) in [6.07, 6.45) is 1.72. The van der Waals surface area contributed by atoms with Crippen LogP contribution in [0.4, 0.5) is 0 Å². The smallest absolute Gasteiger partial charge is 0.203 e. The molecule has 2 rings (SSSR count). The van der Waals surface area contributed by atoms with E-state index >= 15 is 0 Å². The number of phenols is 1. The van der Waals surface area contributed by atoms with Gasteiger partial charge in [-0.2, -0.15) is 0 Å². The van der Waals surface area contributed by atoms with E-state index in [1.807, 2.05) is 0 Å². The molecule has 0 aromatic heterocycles. The van der Waals surface area contributed by atoms with Gasteiger partial charge in [-0.1, -0.05) is 6.07 Å². The average Bonchev–Trinajstić information content (AvgIpc) is 2.67. The van der Waals surface area contributed by atoms with E-state index in [0.29, 0.717) is 34.1 Å². The average molecular weight is 358 g/mol. The number of Topliss-reactive ketones (excluding diaryl/α,β-unsaturated/α-hetero) is 1. The Kier molecular flexibility index (Phi) is 6.11. The molecule has 0 radical (unpaired) electrons. The molecule has 0 spiro atoms. The number of ether oxygens (including phenoxy) is 4. The quantitative estimate of drug-likeness (QED) is 0.601. The topological polar surface area (TPSA) is 74.2 Å². The Morgan fingerprint density at radius 3 is 1.96 bits per heavy atom. The number of carbonyl (C=O) groups excluding carboxylic acids is 1. The molecule has 0 saturated heterocycles. The molecule has 0 aliphatic heterocycles. The summed E-state index contributed by atoms with van der Waals surface area (Å²) >= 11 is 0. The van der Waals surface area contributed by atoms with Gasteiger partial charge in [0, 0.05) is 5.56 Å². The van der Waals surface area contributed by atoms with Crippen molar-refractivity contribution in [1.29, 1.82) is 0 Å². The van der Waals surface area contributed by atoms with Crippen molar-refractivity contribution in [3.05, 3.63) is 47.0 Å². The van der Waals surface area contributed by atoms with E-state index in [2.05, 4.69) is 0 Å². The second kappa shape index (κ2) is 8.29. The molecule has 0 fully saturated rings. The Bertz CT molecular complexity index is 813. The number of aromatic hydroxyl groups is 1. The lowest BCUT2D eigenvalue weighted by molar-refractivity contribution is 0.103. The zero-order chi connectivity index (χ0) is 19.3. The molecular formula is C20H22O6. The highest BCUT2D eigenvalue weighted by molar-refractivity contribution is 6.11. The molecule has 0 unspecified atom stereocenters. The van der Waals surface area contributed by atoms with Crippen LogP contribution in [0.1, 0.15) is 22.8 Å². The Balaban J connectivity index is 2.41. The molecule has 6 nitrogen and oxygen atoms in total. The molecule has 0 atom stereocenters. The van der Waals surface area contributed by atoms with Crippen LogP contribution in [-0.2, 0) is 0 Å². The van der Waals surface area contributed by atoms with E-state index in [0.717, 1.165) is 5.56 Å². The normalized spacial score (nSPS) is 11.0. The summed E-state index contributed by atoms with van der Waals surface area (Å²) < 4.78 is 20.9. The molecule has 2 aromatic carbocycles. The van der Waals surface area contributed by atoms with Crippen LogP contribution in [0.25, 0.3) is 6.08 Å². The van der Waals surface area contributed by atoms with Crippen molar-refractivity contribution in [1.82, 2.24) is 0 Å². The summed E-state index contributed by atoms with van der Waals surface area (Å²) in [5.74, 6) is 1.45. The monoisotopic (exact) mass is 358 g/mol. The number of methoxy groups -OCH3 is 4. The van der Waals surface area contributed by atoms with Crippen LogP contribution in [0.5, 0.6) is 28.7 Å². The first kappa shape index (κ1) is 19.2. The van der Waals surface area contributed by atoms with Crippen molar-refractivity contribution in [3.63, 3.8) is 0 Å². The summed E-state index contributed by atoms with van der Waals surface area (Å²) in [7, 11) is 5.97. The minimum Gasteiger partial charge on any atom is -0.504 e. The minimum atomic E-state index is -0.184. The summed E-state index contributed by atoms with van der Waals surface area (Å²) in [6, 6.07) is 8.09. The summed E-state index contributed by atoms with van der Waals surface area (Å²) in [5, 5.41) is 9.67. The molecule has 0 amide bonds. The summed E-state index contributed by atoms with van der Waals surface area (Å²) in [6.45, 7) is 1.71. The Morgan fingerprint density at radius 1 is 0.885 bits per heavy atom. The van der Waals surface area contributed by atoms with Crippen LogP contribution in [0.2, 0.25) is 0 Å². The van der Waals surface area contributed by atoms with E-state index in [9.17, 15) is 9.90 Å². The Labute approximate surface area is 152 Å². The largest absolute Gasteiger partial charge is 0.504 e. The van der Waals surface area contributed by atoms with Gasteiger partial charge in [0.05, 0.1) is 28.4 Å². The molecule has 26 heavy (non-hydrogen) atoms. The third-order valence-corrected chi connectivity index (χ3v) is 3.87. The number of ketones is 1. The zero-order valence-electron chi connectivity index (χ0n) is 15.5. The first-order chi connectivity index (χ1) is 12.4. The number of rotatable bonds is 7. The van der Waals surface area contributed by atoms with Crippen LogP contribution in [0.3, 0.4) is 0 Å². The standard InChI is InChI=1S/C20H22O6/c1-12(8-13-6-7-15(21)16(9-13)23-2)19(22)14-10-17(24-3)20(26-5)18(11-14)25-4/h6-11,21H,1-5H3/b12-8+. The number of hydrogen-bond acceptors (Lipinski definition) is 6. The van der Waals surface area contributed by atoms with Gasteiger partial charge in [-0.3, -0.25) is 4.79 Å². The molecule has 0 saturated carbocycles.